The zero-order valence-corrected chi connectivity index (χ0v) is 13.0. The Morgan fingerprint density at radius 2 is 1.55 bits per heavy atom. The van der Waals surface area contributed by atoms with E-state index in [9.17, 15) is 0 Å². The van der Waals surface area contributed by atoms with E-state index in [1.807, 2.05) is 0 Å². The van der Waals surface area contributed by atoms with E-state index in [2.05, 4.69) is 78.6 Å². The zero-order chi connectivity index (χ0) is 14.9. The maximum Gasteiger partial charge on any atom is 0.0329 e. The summed E-state index contributed by atoms with van der Waals surface area (Å²) < 4.78 is 0. The predicted molar refractivity (Wildman–Crippen MR) is 92.9 cm³/mol. The molecule has 0 fully saturated rings. The molecule has 1 heteroatoms. The highest BCUT2D eigenvalue weighted by Crippen LogP contribution is 2.31. The first-order valence-corrected chi connectivity index (χ1v) is 8.11. The minimum absolute atomic E-state index is 0.444. The van der Waals surface area contributed by atoms with Gasteiger partial charge in [-0.25, -0.2) is 0 Å². The van der Waals surface area contributed by atoms with Gasteiger partial charge in [0.2, 0.25) is 0 Å². The molecule has 1 aliphatic rings. The molecule has 3 aromatic rings. The summed E-state index contributed by atoms with van der Waals surface area (Å²) in [6, 6.07) is 24.7. The van der Waals surface area contributed by atoms with Crippen LogP contribution >= 0.6 is 0 Å². The van der Waals surface area contributed by atoms with E-state index in [-0.39, 0.29) is 0 Å². The van der Waals surface area contributed by atoms with Crippen molar-refractivity contribution in [3.05, 3.63) is 83.4 Å². The van der Waals surface area contributed by atoms with E-state index in [1.54, 1.807) is 0 Å². The average Bonchev–Trinajstić information content (AvgIpc) is 2.60. The van der Waals surface area contributed by atoms with E-state index in [0.29, 0.717) is 6.04 Å². The van der Waals surface area contributed by atoms with Crippen molar-refractivity contribution in [3.63, 3.8) is 0 Å². The third-order valence-corrected chi connectivity index (χ3v) is 4.98. The highest BCUT2D eigenvalue weighted by molar-refractivity contribution is 5.86. The molecule has 4 rings (SSSR count). The van der Waals surface area contributed by atoms with E-state index in [4.69, 9.17) is 0 Å². The van der Waals surface area contributed by atoms with Crippen molar-refractivity contribution < 1.29 is 0 Å². The second-order valence-corrected chi connectivity index (χ2v) is 6.23. The quantitative estimate of drug-likeness (QED) is 0.644. The lowest BCUT2D eigenvalue weighted by Gasteiger charge is -2.34. The smallest absolute Gasteiger partial charge is 0.0329 e. The van der Waals surface area contributed by atoms with Crippen LogP contribution in [0, 0.1) is 0 Å². The number of nitrogens with zero attached hydrogens (tertiary/aromatic N) is 1. The fourth-order valence-electron chi connectivity index (χ4n) is 3.66. The van der Waals surface area contributed by atoms with Crippen molar-refractivity contribution in [3.8, 4) is 0 Å². The number of hydrogen-bond donors (Lipinski definition) is 0. The van der Waals surface area contributed by atoms with E-state index < -0.39 is 0 Å². The van der Waals surface area contributed by atoms with Gasteiger partial charge < -0.3 is 0 Å². The topological polar surface area (TPSA) is 3.24 Å². The highest BCUT2D eigenvalue weighted by Gasteiger charge is 2.22. The van der Waals surface area contributed by atoms with Gasteiger partial charge in [-0.3, -0.25) is 4.90 Å². The standard InChI is InChI=1S/C21H21N/c1-16(20-12-6-10-18-8-4-5-11-21(18)20)22-14-13-17-7-2-3-9-19(17)15-22/h2-12,16H,13-15H2,1H3. The molecular weight excluding hydrogens is 266 g/mol. The summed E-state index contributed by atoms with van der Waals surface area (Å²) >= 11 is 0. The molecule has 1 nitrogen and oxygen atoms in total. The molecule has 3 aromatic carbocycles. The Morgan fingerprint density at radius 3 is 2.45 bits per heavy atom. The molecule has 1 atom stereocenters. The van der Waals surface area contributed by atoms with Crippen LogP contribution in [0.5, 0.6) is 0 Å². The molecular formula is C21H21N. The monoisotopic (exact) mass is 287 g/mol. The molecule has 1 heterocycles. The molecule has 0 saturated heterocycles. The van der Waals surface area contributed by atoms with Crippen LogP contribution in [0.4, 0.5) is 0 Å². The van der Waals surface area contributed by atoms with Gasteiger partial charge in [-0.2, -0.15) is 0 Å². The van der Waals surface area contributed by atoms with Gasteiger partial charge >= 0.3 is 0 Å². The first-order valence-electron chi connectivity index (χ1n) is 8.11. The lowest BCUT2D eigenvalue weighted by atomic mass is 9.94. The van der Waals surface area contributed by atoms with Crippen LogP contribution < -0.4 is 0 Å². The second-order valence-electron chi connectivity index (χ2n) is 6.23. The number of rotatable bonds is 2. The Kier molecular flexibility index (Phi) is 3.44. The molecule has 1 unspecified atom stereocenters. The van der Waals surface area contributed by atoms with Gasteiger partial charge in [0.1, 0.15) is 0 Å². The van der Waals surface area contributed by atoms with Crippen molar-refractivity contribution >= 4 is 10.8 Å². The van der Waals surface area contributed by atoms with E-state index in [1.165, 1.54) is 27.5 Å². The molecule has 110 valence electrons. The molecule has 0 radical (unpaired) electrons. The van der Waals surface area contributed by atoms with Crippen molar-refractivity contribution in [2.45, 2.75) is 25.9 Å². The van der Waals surface area contributed by atoms with Gasteiger partial charge in [0, 0.05) is 19.1 Å². The van der Waals surface area contributed by atoms with Crippen LogP contribution in [0.2, 0.25) is 0 Å². The molecule has 0 amide bonds. The second kappa shape index (κ2) is 5.58. The Labute approximate surface area is 132 Å². The number of fused-ring (bicyclic) bond motifs is 2. The van der Waals surface area contributed by atoms with Crippen LogP contribution in [0.3, 0.4) is 0 Å². The normalized spacial score (nSPS) is 16.4. The Morgan fingerprint density at radius 1 is 0.818 bits per heavy atom. The van der Waals surface area contributed by atoms with Gasteiger partial charge in [-0.1, -0.05) is 66.7 Å². The van der Waals surface area contributed by atoms with Crippen LogP contribution in [0.15, 0.2) is 66.7 Å². The minimum Gasteiger partial charge on any atom is -0.292 e. The Hall–Kier alpha value is -2.12. The average molecular weight is 287 g/mol. The summed E-state index contributed by atoms with van der Waals surface area (Å²) in [6.45, 7) is 4.54. The maximum atomic E-state index is 2.60. The van der Waals surface area contributed by atoms with E-state index >= 15 is 0 Å². The number of benzene rings is 3. The summed E-state index contributed by atoms with van der Waals surface area (Å²) in [5, 5.41) is 2.72. The lowest BCUT2D eigenvalue weighted by Crippen LogP contribution is -2.32. The largest absolute Gasteiger partial charge is 0.292 e. The first kappa shape index (κ1) is 13.5. The van der Waals surface area contributed by atoms with Gasteiger partial charge in [-0.05, 0) is 40.8 Å². The van der Waals surface area contributed by atoms with Crippen molar-refractivity contribution in [1.82, 2.24) is 4.90 Å². The molecule has 0 N–H and O–H groups in total. The summed E-state index contributed by atoms with van der Waals surface area (Å²) in [4.78, 5) is 2.60. The Bertz CT molecular complexity index is 800. The summed E-state index contributed by atoms with van der Waals surface area (Å²) in [7, 11) is 0. The van der Waals surface area contributed by atoms with Crippen molar-refractivity contribution in [2.24, 2.45) is 0 Å². The van der Waals surface area contributed by atoms with Gasteiger partial charge in [0.25, 0.3) is 0 Å². The van der Waals surface area contributed by atoms with Gasteiger partial charge in [-0.15, -0.1) is 0 Å². The zero-order valence-electron chi connectivity index (χ0n) is 13.0. The maximum absolute atomic E-state index is 2.60. The first-order chi connectivity index (χ1) is 10.8. The van der Waals surface area contributed by atoms with Crippen LogP contribution in [-0.2, 0) is 13.0 Å². The molecule has 1 aliphatic heterocycles. The fraction of sp³-hybridized carbons (Fsp3) is 0.238. The van der Waals surface area contributed by atoms with Crippen LogP contribution in [-0.4, -0.2) is 11.4 Å². The summed E-state index contributed by atoms with van der Waals surface area (Å²) in [5.41, 5.74) is 4.45. The molecule has 22 heavy (non-hydrogen) atoms. The van der Waals surface area contributed by atoms with Gasteiger partial charge in [0.05, 0.1) is 0 Å². The van der Waals surface area contributed by atoms with Crippen LogP contribution in [0.25, 0.3) is 10.8 Å². The third-order valence-electron chi connectivity index (χ3n) is 4.98. The number of hydrogen-bond acceptors (Lipinski definition) is 1. The predicted octanol–water partition coefficient (Wildman–Crippen LogP) is 4.96. The van der Waals surface area contributed by atoms with Crippen molar-refractivity contribution in [1.29, 1.82) is 0 Å². The molecule has 0 aliphatic carbocycles. The SMILES string of the molecule is CC(c1cccc2ccccc12)N1CCc2ccccc2C1. The lowest BCUT2D eigenvalue weighted by molar-refractivity contribution is 0.193. The molecule has 0 spiro atoms. The fourth-order valence-corrected chi connectivity index (χ4v) is 3.66. The molecule has 0 saturated carbocycles. The summed E-state index contributed by atoms with van der Waals surface area (Å²) in [6.07, 6.45) is 1.16. The Balaban J connectivity index is 1.68. The third kappa shape index (κ3) is 2.32. The van der Waals surface area contributed by atoms with Crippen molar-refractivity contribution in [2.75, 3.05) is 6.54 Å². The minimum atomic E-state index is 0.444. The summed E-state index contributed by atoms with van der Waals surface area (Å²) in [5.74, 6) is 0. The van der Waals surface area contributed by atoms with Crippen LogP contribution in [0.1, 0.15) is 29.7 Å². The molecule has 0 aromatic heterocycles. The van der Waals surface area contributed by atoms with E-state index in [0.717, 1.165) is 19.5 Å². The highest BCUT2D eigenvalue weighted by atomic mass is 15.2. The molecule has 0 bridgehead atoms. The van der Waals surface area contributed by atoms with Gasteiger partial charge in [0.15, 0.2) is 0 Å².